The average molecular weight is 1010 g/mol. The van der Waals surface area contributed by atoms with Crippen LogP contribution in [0, 0.1) is 0 Å². The molecular weight excluding hydrogens is 887 g/mol. The van der Waals surface area contributed by atoms with Gasteiger partial charge < -0.3 is 20.3 Å². The molecule has 3 N–H and O–H groups in total. The van der Waals surface area contributed by atoms with Crippen LogP contribution in [0.5, 0.6) is 0 Å². The van der Waals surface area contributed by atoms with Gasteiger partial charge in [0.1, 0.15) is 0 Å². The second-order valence-corrected chi connectivity index (χ2v) is 22.1. The number of unbranched alkanes of at least 4 members (excludes halogenated alkanes) is 43. The number of nitrogens with one attached hydrogen (secondary N) is 1. The molecule has 2 unspecified atom stereocenters. The third-order valence-corrected chi connectivity index (χ3v) is 14.9. The fourth-order valence-electron chi connectivity index (χ4n) is 9.96. The Morgan fingerprint density at radius 2 is 0.694 bits per heavy atom. The summed E-state index contributed by atoms with van der Waals surface area (Å²) in [5.74, 6) is -0.0511. The van der Waals surface area contributed by atoms with Crippen molar-refractivity contribution in [3.63, 3.8) is 0 Å². The predicted molar refractivity (Wildman–Crippen MR) is 315 cm³/mol. The molecule has 0 fully saturated rings. The molecule has 0 saturated carbocycles. The maximum Gasteiger partial charge on any atom is 0.305 e. The molecule has 0 radical (unpaired) electrons. The monoisotopic (exact) mass is 1010 g/mol. The Hall–Kier alpha value is -1.92. The highest BCUT2D eigenvalue weighted by molar-refractivity contribution is 5.76. The summed E-state index contributed by atoms with van der Waals surface area (Å²) in [4.78, 5) is 24.6. The van der Waals surface area contributed by atoms with Crippen LogP contribution in [0.3, 0.4) is 0 Å². The van der Waals surface area contributed by atoms with E-state index >= 15 is 0 Å². The standard InChI is InChI=1S/C66H125NO5/c1-3-5-7-9-11-13-15-17-19-21-22-23-27-30-34-38-42-46-50-54-58-64(69)63(62-68)67-65(70)59-55-51-47-43-39-35-31-28-24-25-29-33-37-41-45-49-53-57-61-72-66(71)60-56-52-48-44-40-36-32-26-20-18-16-14-12-10-8-6-4-2/h12,14,18,20,28,31,63-64,68-69H,3-11,13,15-17,19,21-27,29-30,32-62H2,1-2H3,(H,67,70)/b14-12-,20-18-,31-28-. The van der Waals surface area contributed by atoms with Gasteiger partial charge in [-0.25, -0.2) is 0 Å². The SMILES string of the molecule is CCCCC/C=C\C/C=C\CCCCCCCCCC(=O)OCCCCCCCCCCC/C=C\CCCCCCCC(=O)NC(CO)C(O)CCCCCCCCCCCCCCCCCCCCCC. The van der Waals surface area contributed by atoms with E-state index in [4.69, 9.17) is 4.74 Å². The lowest BCUT2D eigenvalue weighted by Crippen LogP contribution is -2.45. The molecule has 0 aromatic rings. The van der Waals surface area contributed by atoms with Crippen LogP contribution in [0.25, 0.3) is 0 Å². The van der Waals surface area contributed by atoms with Crippen LogP contribution in [0.1, 0.15) is 348 Å². The number of hydrogen-bond donors (Lipinski definition) is 3. The molecule has 1 amide bonds. The van der Waals surface area contributed by atoms with Gasteiger partial charge >= 0.3 is 5.97 Å². The van der Waals surface area contributed by atoms with Crippen molar-refractivity contribution in [1.82, 2.24) is 5.32 Å². The molecule has 0 saturated heterocycles. The van der Waals surface area contributed by atoms with Crippen LogP contribution >= 0.6 is 0 Å². The normalized spacial score (nSPS) is 12.8. The third-order valence-electron chi connectivity index (χ3n) is 14.9. The van der Waals surface area contributed by atoms with E-state index in [2.05, 4.69) is 55.6 Å². The molecule has 0 spiro atoms. The van der Waals surface area contributed by atoms with E-state index < -0.39 is 12.1 Å². The Morgan fingerprint density at radius 3 is 1.10 bits per heavy atom. The largest absolute Gasteiger partial charge is 0.466 e. The molecule has 0 bridgehead atoms. The van der Waals surface area contributed by atoms with Gasteiger partial charge in [-0.1, -0.05) is 288 Å². The van der Waals surface area contributed by atoms with E-state index in [9.17, 15) is 19.8 Å². The smallest absolute Gasteiger partial charge is 0.305 e. The predicted octanol–water partition coefficient (Wildman–Crippen LogP) is 20.4. The molecule has 424 valence electrons. The Morgan fingerprint density at radius 1 is 0.389 bits per heavy atom. The summed E-state index contributed by atoms with van der Waals surface area (Å²) in [5, 5.41) is 23.4. The second-order valence-electron chi connectivity index (χ2n) is 22.1. The zero-order valence-electron chi connectivity index (χ0n) is 48.4. The average Bonchev–Trinajstić information content (AvgIpc) is 3.38. The Kier molecular flexibility index (Phi) is 60.0. The number of esters is 1. The van der Waals surface area contributed by atoms with Crippen molar-refractivity contribution >= 4 is 11.9 Å². The molecule has 0 aromatic heterocycles. The van der Waals surface area contributed by atoms with Gasteiger partial charge in [-0.15, -0.1) is 0 Å². The van der Waals surface area contributed by atoms with Crippen LogP contribution in [-0.4, -0.2) is 47.4 Å². The van der Waals surface area contributed by atoms with E-state index in [-0.39, 0.29) is 18.5 Å². The number of allylic oxidation sites excluding steroid dienone is 6. The lowest BCUT2D eigenvalue weighted by Gasteiger charge is -2.22. The van der Waals surface area contributed by atoms with E-state index in [1.807, 2.05) is 0 Å². The number of amides is 1. The minimum atomic E-state index is -0.675. The van der Waals surface area contributed by atoms with E-state index in [1.165, 1.54) is 250 Å². The number of rotatable bonds is 60. The molecule has 0 aliphatic rings. The van der Waals surface area contributed by atoms with Crippen molar-refractivity contribution in [2.24, 2.45) is 0 Å². The van der Waals surface area contributed by atoms with Crippen molar-refractivity contribution in [2.75, 3.05) is 13.2 Å². The maximum atomic E-state index is 12.5. The van der Waals surface area contributed by atoms with Crippen LogP contribution in [0.2, 0.25) is 0 Å². The fourth-order valence-corrected chi connectivity index (χ4v) is 9.96. The molecule has 0 aromatic carbocycles. The van der Waals surface area contributed by atoms with Crippen molar-refractivity contribution in [3.8, 4) is 0 Å². The van der Waals surface area contributed by atoms with Gasteiger partial charge in [0.25, 0.3) is 0 Å². The van der Waals surface area contributed by atoms with Gasteiger partial charge in [0, 0.05) is 12.8 Å². The number of carbonyl (C=O) groups excluding carboxylic acids is 2. The topological polar surface area (TPSA) is 95.9 Å². The molecular formula is C66H125NO5. The zero-order chi connectivity index (χ0) is 52.2. The van der Waals surface area contributed by atoms with Crippen LogP contribution in [-0.2, 0) is 14.3 Å². The summed E-state index contributed by atoms with van der Waals surface area (Å²) < 4.78 is 5.48. The first-order valence-electron chi connectivity index (χ1n) is 32.2. The van der Waals surface area contributed by atoms with Crippen LogP contribution in [0.15, 0.2) is 36.5 Å². The van der Waals surface area contributed by atoms with E-state index in [1.54, 1.807) is 0 Å². The molecule has 6 heteroatoms. The first-order valence-corrected chi connectivity index (χ1v) is 32.2. The van der Waals surface area contributed by atoms with Gasteiger partial charge in [-0.3, -0.25) is 9.59 Å². The minimum Gasteiger partial charge on any atom is -0.466 e. The number of ether oxygens (including phenoxy) is 1. The lowest BCUT2D eigenvalue weighted by molar-refractivity contribution is -0.143. The highest BCUT2D eigenvalue weighted by Gasteiger charge is 2.20. The number of aliphatic hydroxyl groups is 2. The van der Waals surface area contributed by atoms with Gasteiger partial charge in [-0.2, -0.15) is 0 Å². The van der Waals surface area contributed by atoms with E-state index in [0.717, 1.165) is 64.2 Å². The molecule has 2 atom stereocenters. The molecule has 72 heavy (non-hydrogen) atoms. The second kappa shape index (κ2) is 61.6. The van der Waals surface area contributed by atoms with Gasteiger partial charge in [-0.05, 0) is 83.5 Å². The van der Waals surface area contributed by atoms with Crippen molar-refractivity contribution < 1.29 is 24.5 Å². The van der Waals surface area contributed by atoms with Crippen molar-refractivity contribution in [3.05, 3.63) is 36.5 Å². The number of carbonyl (C=O) groups is 2. The summed E-state index contributed by atoms with van der Waals surface area (Å²) >= 11 is 0. The molecule has 0 aliphatic heterocycles. The lowest BCUT2D eigenvalue weighted by atomic mass is 10.0. The summed E-state index contributed by atoms with van der Waals surface area (Å²) in [6.07, 6.45) is 77.2. The first kappa shape index (κ1) is 70.1. The number of hydrogen-bond acceptors (Lipinski definition) is 5. The quantitative estimate of drug-likeness (QED) is 0.0320. The Balaban J connectivity index is 3.45. The molecule has 6 nitrogen and oxygen atoms in total. The number of aliphatic hydroxyl groups excluding tert-OH is 2. The Labute approximate surface area is 449 Å². The van der Waals surface area contributed by atoms with Crippen LogP contribution in [0.4, 0.5) is 0 Å². The van der Waals surface area contributed by atoms with Gasteiger partial charge in [0.05, 0.1) is 25.4 Å². The summed E-state index contributed by atoms with van der Waals surface area (Å²) in [6, 6.07) is -0.553. The van der Waals surface area contributed by atoms with Gasteiger partial charge in [0.15, 0.2) is 0 Å². The van der Waals surface area contributed by atoms with Crippen molar-refractivity contribution in [1.29, 1.82) is 0 Å². The highest BCUT2D eigenvalue weighted by atomic mass is 16.5. The molecule has 0 heterocycles. The molecule has 0 rings (SSSR count). The summed E-state index contributed by atoms with van der Waals surface area (Å²) in [5.41, 5.74) is 0. The molecule has 0 aliphatic carbocycles. The van der Waals surface area contributed by atoms with E-state index in [0.29, 0.717) is 25.9 Å². The zero-order valence-corrected chi connectivity index (χ0v) is 48.4. The Bertz CT molecular complexity index is 1170. The summed E-state index contributed by atoms with van der Waals surface area (Å²) in [6.45, 7) is 4.93. The minimum absolute atomic E-state index is 0.00431. The van der Waals surface area contributed by atoms with Gasteiger partial charge in [0.2, 0.25) is 5.91 Å². The van der Waals surface area contributed by atoms with Crippen molar-refractivity contribution in [2.45, 2.75) is 360 Å². The third kappa shape index (κ3) is 57.4. The maximum absolute atomic E-state index is 12.5. The summed E-state index contributed by atoms with van der Waals surface area (Å²) in [7, 11) is 0. The highest BCUT2D eigenvalue weighted by Crippen LogP contribution is 2.18. The van der Waals surface area contributed by atoms with Crippen LogP contribution < -0.4 is 5.32 Å². The fraction of sp³-hybridized carbons (Fsp3) is 0.879. The first-order chi connectivity index (χ1) is 35.5.